The molecular formula is C22H24ClN3O3. The third kappa shape index (κ3) is 4.18. The number of phenols is 2. The number of aromatic amines is 1. The highest BCUT2D eigenvalue weighted by Crippen LogP contribution is 2.39. The quantitative estimate of drug-likeness (QED) is 0.554. The first-order chi connectivity index (χ1) is 14.0. The van der Waals surface area contributed by atoms with Crippen LogP contribution in [0.1, 0.15) is 30.2 Å². The van der Waals surface area contributed by atoms with Crippen LogP contribution in [0.25, 0.3) is 11.3 Å². The molecule has 152 valence electrons. The molecule has 29 heavy (non-hydrogen) atoms. The summed E-state index contributed by atoms with van der Waals surface area (Å²) in [5.41, 5.74) is 4.54. The molecule has 0 unspecified atom stereocenters. The molecule has 0 fully saturated rings. The Bertz CT molecular complexity index is 1000. The third-order valence-corrected chi connectivity index (χ3v) is 5.44. The van der Waals surface area contributed by atoms with Gasteiger partial charge in [0.2, 0.25) is 0 Å². The molecule has 2 heterocycles. The Balaban J connectivity index is 1.52. The maximum Gasteiger partial charge on any atom is 0.137 e. The zero-order valence-corrected chi connectivity index (χ0v) is 17.0. The van der Waals surface area contributed by atoms with E-state index in [9.17, 15) is 10.2 Å². The van der Waals surface area contributed by atoms with E-state index in [1.165, 1.54) is 11.6 Å². The maximum absolute atomic E-state index is 10.3. The van der Waals surface area contributed by atoms with E-state index in [1.807, 2.05) is 12.1 Å². The molecule has 3 N–H and O–H groups in total. The first-order valence-corrected chi connectivity index (χ1v) is 10.1. The Hall–Kier alpha value is -2.70. The maximum atomic E-state index is 10.3. The first kappa shape index (κ1) is 19.6. The van der Waals surface area contributed by atoms with Crippen LogP contribution >= 0.6 is 11.6 Å². The summed E-state index contributed by atoms with van der Waals surface area (Å²) in [7, 11) is 0. The van der Waals surface area contributed by atoms with E-state index < -0.39 is 0 Å². The minimum absolute atomic E-state index is 0.0407. The van der Waals surface area contributed by atoms with E-state index in [4.69, 9.17) is 16.3 Å². The van der Waals surface area contributed by atoms with Crippen molar-refractivity contribution in [1.29, 1.82) is 0 Å². The molecule has 0 bridgehead atoms. The molecule has 6 nitrogen and oxygen atoms in total. The number of hydrogen-bond acceptors (Lipinski definition) is 5. The van der Waals surface area contributed by atoms with Crippen molar-refractivity contribution in [3.8, 4) is 28.5 Å². The van der Waals surface area contributed by atoms with Gasteiger partial charge in [-0.15, -0.1) is 0 Å². The molecule has 3 aromatic rings. The van der Waals surface area contributed by atoms with Gasteiger partial charge in [-0.1, -0.05) is 30.7 Å². The second kappa shape index (κ2) is 8.35. The summed E-state index contributed by atoms with van der Waals surface area (Å²) >= 11 is 6.05. The van der Waals surface area contributed by atoms with E-state index in [2.05, 4.69) is 34.2 Å². The van der Waals surface area contributed by atoms with Gasteiger partial charge >= 0.3 is 0 Å². The Morgan fingerprint density at radius 2 is 1.97 bits per heavy atom. The van der Waals surface area contributed by atoms with Crippen molar-refractivity contribution < 1.29 is 14.9 Å². The summed E-state index contributed by atoms with van der Waals surface area (Å²) in [5, 5.41) is 27.7. The van der Waals surface area contributed by atoms with Crippen molar-refractivity contribution in [1.82, 2.24) is 15.1 Å². The summed E-state index contributed by atoms with van der Waals surface area (Å²) in [6.07, 6.45) is 1.85. The van der Waals surface area contributed by atoms with Gasteiger partial charge in [0.05, 0.1) is 11.6 Å². The van der Waals surface area contributed by atoms with Gasteiger partial charge < -0.3 is 14.9 Å². The molecule has 1 aliphatic rings. The number of phenolic OH excluding ortho intramolecular Hbond substituents is 2. The van der Waals surface area contributed by atoms with Crippen LogP contribution in [0.4, 0.5) is 0 Å². The zero-order valence-electron chi connectivity index (χ0n) is 16.3. The van der Waals surface area contributed by atoms with Gasteiger partial charge in [-0.05, 0) is 30.2 Å². The number of hydrogen-bond donors (Lipinski definition) is 3. The van der Waals surface area contributed by atoms with Gasteiger partial charge in [-0.25, -0.2) is 0 Å². The summed E-state index contributed by atoms with van der Waals surface area (Å²) in [4.78, 5) is 2.35. The van der Waals surface area contributed by atoms with Gasteiger partial charge in [0, 0.05) is 48.9 Å². The Kier molecular flexibility index (Phi) is 5.65. The molecular weight excluding hydrogens is 390 g/mol. The van der Waals surface area contributed by atoms with E-state index in [1.54, 1.807) is 6.07 Å². The van der Waals surface area contributed by atoms with Crippen LogP contribution < -0.4 is 4.74 Å². The molecule has 0 radical (unpaired) electrons. The molecule has 1 aromatic heterocycles. The Morgan fingerprint density at radius 3 is 2.72 bits per heavy atom. The Morgan fingerprint density at radius 1 is 1.17 bits per heavy atom. The molecule has 0 atom stereocenters. The summed E-state index contributed by atoms with van der Waals surface area (Å²) in [5.74, 6) is 0.708. The van der Waals surface area contributed by atoms with E-state index >= 15 is 0 Å². The van der Waals surface area contributed by atoms with Crippen LogP contribution in [0.2, 0.25) is 5.02 Å². The average Bonchev–Trinajstić information content (AvgIpc) is 3.13. The molecule has 0 aliphatic carbocycles. The number of nitrogens with one attached hydrogen (secondary N) is 1. The molecule has 2 aromatic carbocycles. The molecule has 0 saturated carbocycles. The minimum atomic E-state index is -0.148. The van der Waals surface area contributed by atoms with Crippen LogP contribution in [0.15, 0.2) is 36.4 Å². The highest BCUT2D eigenvalue weighted by molar-refractivity contribution is 6.32. The number of ether oxygens (including phenoxy) is 1. The number of H-pyrrole nitrogens is 1. The van der Waals surface area contributed by atoms with Gasteiger partial charge in [0.1, 0.15) is 22.9 Å². The van der Waals surface area contributed by atoms with Crippen molar-refractivity contribution in [2.75, 3.05) is 13.2 Å². The molecule has 0 amide bonds. The lowest BCUT2D eigenvalue weighted by molar-refractivity contribution is 0.245. The fraction of sp³-hybridized carbons (Fsp3) is 0.318. The fourth-order valence-corrected chi connectivity index (χ4v) is 3.78. The predicted molar refractivity (Wildman–Crippen MR) is 112 cm³/mol. The monoisotopic (exact) mass is 413 g/mol. The SMILES string of the molecule is CCCOc1ccc(CN2CCc3[nH]nc(-c4cc(Cl)c(O)cc4O)c3C2)cc1. The number of benzene rings is 2. The van der Waals surface area contributed by atoms with Crippen LogP contribution in [0.5, 0.6) is 17.2 Å². The van der Waals surface area contributed by atoms with Crippen LogP contribution in [0.3, 0.4) is 0 Å². The summed E-state index contributed by atoms with van der Waals surface area (Å²) in [6, 6.07) is 11.0. The van der Waals surface area contributed by atoms with Crippen molar-refractivity contribution in [3.63, 3.8) is 0 Å². The van der Waals surface area contributed by atoms with Crippen LogP contribution in [-0.4, -0.2) is 38.5 Å². The first-order valence-electron chi connectivity index (χ1n) is 9.77. The highest BCUT2D eigenvalue weighted by Gasteiger charge is 2.24. The highest BCUT2D eigenvalue weighted by atomic mass is 35.5. The second-order valence-electron chi connectivity index (χ2n) is 7.30. The fourth-order valence-electron chi connectivity index (χ4n) is 3.62. The van der Waals surface area contributed by atoms with Crippen molar-refractivity contribution in [2.24, 2.45) is 0 Å². The number of fused-ring (bicyclic) bond motifs is 1. The van der Waals surface area contributed by atoms with E-state index in [-0.39, 0.29) is 16.5 Å². The molecule has 0 spiro atoms. The van der Waals surface area contributed by atoms with Crippen molar-refractivity contribution in [2.45, 2.75) is 32.9 Å². The largest absolute Gasteiger partial charge is 0.507 e. The average molecular weight is 414 g/mol. The number of aromatic nitrogens is 2. The molecule has 1 aliphatic heterocycles. The van der Waals surface area contributed by atoms with Gasteiger partial charge in [0.25, 0.3) is 0 Å². The summed E-state index contributed by atoms with van der Waals surface area (Å²) < 4.78 is 5.65. The predicted octanol–water partition coefficient (Wildman–Crippen LogP) is 4.49. The molecule has 4 rings (SSSR count). The summed E-state index contributed by atoms with van der Waals surface area (Å²) in [6.45, 7) is 5.28. The lowest BCUT2D eigenvalue weighted by Gasteiger charge is -2.27. The Labute approximate surface area is 174 Å². The standard InChI is InChI=1S/C22H24ClN3O3/c1-2-9-29-15-5-3-14(4-6-15)12-26-8-7-19-17(13-26)22(25-24-19)16-10-18(23)21(28)11-20(16)27/h3-6,10-11,27-28H,2,7-9,12-13H2,1H3,(H,24,25). The topological polar surface area (TPSA) is 81.6 Å². The molecule has 7 heteroatoms. The number of rotatable bonds is 6. The second-order valence-corrected chi connectivity index (χ2v) is 7.71. The van der Waals surface area contributed by atoms with Crippen molar-refractivity contribution in [3.05, 3.63) is 58.2 Å². The zero-order chi connectivity index (χ0) is 20.4. The lowest BCUT2D eigenvalue weighted by Crippen LogP contribution is -2.30. The smallest absolute Gasteiger partial charge is 0.137 e. The van der Waals surface area contributed by atoms with Gasteiger partial charge in [0.15, 0.2) is 0 Å². The number of nitrogens with zero attached hydrogens (tertiary/aromatic N) is 2. The lowest BCUT2D eigenvalue weighted by atomic mass is 10.00. The number of halogens is 1. The van der Waals surface area contributed by atoms with E-state index in [0.717, 1.165) is 49.5 Å². The normalized spacial score (nSPS) is 14.0. The third-order valence-electron chi connectivity index (χ3n) is 5.14. The molecule has 0 saturated heterocycles. The van der Waals surface area contributed by atoms with Crippen molar-refractivity contribution >= 4 is 11.6 Å². The van der Waals surface area contributed by atoms with Gasteiger partial charge in [-0.3, -0.25) is 10.00 Å². The minimum Gasteiger partial charge on any atom is -0.507 e. The number of aromatic hydroxyl groups is 2. The van der Waals surface area contributed by atoms with Crippen LogP contribution in [-0.2, 0) is 19.5 Å². The van der Waals surface area contributed by atoms with Gasteiger partial charge in [-0.2, -0.15) is 5.10 Å². The van der Waals surface area contributed by atoms with E-state index in [0.29, 0.717) is 17.8 Å². The van der Waals surface area contributed by atoms with Crippen LogP contribution in [0, 0.1) is 0 Å².